The van der Waals surface area contributed by atoms with Gasteiger partial charge in [0.1, 0.15) is 6.10 Å². The topological polar surface area (TPSA) is 87.9 Å². The fourth-order valence-corrected chi connectivity index (χ4v) is 0.747. The standard InChI is InChI=1S/C7H12ClNO6/c1-5(15-9(11)12)3-4-13-7(10)14-6(2)8/h5-6H,3-4H2,1-2H3. The second-order valence-corrected chi connectivity index (χ2v) is 3.30. The van der Waals surface area contributed by atoms with Crippen molar-refractivity contribution in [3.63, 3.8) is 0 Å². The van der Waals surface area contributed by atoms with Crippen LogP contribution >= 0.6 is 11.6 Å². The van der Waals surface area contributed by atoms with Crippen LogP contribution in [0.1, 0.15) is 20.3 Å². The molecule has 15 heavy (non-hydrogen) atoms. The average Bonchev–Trinajstić information content (AvgIpc) is 2.00. The minimum atomic E-state index is -0.911. The summed E-state index contributed by atoms with van der Waals surface area (Å²) < 4.78 is 9.00. The molecule has 0 N–H and O–H groups in total. The smallest absolute Gasteiger partial charge is 0.434 e. The van der Waals surface area contributed by atoms with E-state index in [-0.39, 0.29) is 13.0 Å². The second kappa shape index (κ2) is 7.10. The molecule has 2 unspecified atom stereocenters. The highest BCUT2D eigenvalue weighted by Crippen LogP contribution is 2.01. The van der Waals surface area contributed by atoms with E-state index >= 15 is 0 Å². The minimum absolute atomic E-state index is 0.0303. The molecule has 0 rings (SSSR count). The van der Waals surface area contributed by atoms with E-state index in [2.05, 4.69) is 14.3 Å². The second-order valence-electron chi connectivity index (χ2n) is 2.69. The number of hydrogen-bond acceptors (Lipinski definition) is 6. The first kappa shape index (κ1) is 13.8. The van der Waals surface area contributed by atoms with Crippen molar-refractivity contribution in [2.45, 2.75) is 31.9 Å². The van der Waals surface area contributed by atoms with Gasteiger partial charge in [0.15, 0.2) is 5.56 Å². The molecule has 8 heteroatoms. The zero-order chi connectivity index (χ0) is 11.8. The molecule has 0 aliphatic rings. The number of nitrogens with zero attached hydrogens (tertiary/aromatic N) is 1. The summed E-state index contributed by atoms with van der Waals surface area (Å²) in [7, 11) is 0. The van der Waals surface area contributed by atoms with Crippen LogP contribution in [0.5, 0.6) is 0 Å². The summed E-state index contributed by atoms with van der Waals surface area (Å²) in [5, 5.41) is 8.99. The van der Waals surface area contributed by atoms with Crippen molar-refractivity contribution in [2.75, 3.05) is 6.61 Å². The largest absolute Gasteiger partial charge is 0.509 e. The van der Waals surface area contributed by atoms with Gasteiger partial charge in [0, 0.05) is 6.42 Å². The van der Waals surface area contributed by atoms with Crippen molar-refractivity contribution < 1.29 is 24.2 Å². The van der Waals surface area contributed by atoms with Gasteiger partial charge >= 0.3 is 6.16 Å². The van der Waals surface area contributed by atoms with Crippen molar-refractivity contribution in [3.05, 3.63) is 10.1 Å². The first-order chi connectivity index (χ1) is 6.91. The summed E-state index contributed by atoms with van der Waals surface area (Å²) in [6.45, 7) is 2.92. The van der Waals surface area contributed by atoms with Crippen LogP contribution in [0.3, 0.4) is 0 Å². The van der Waals surface area contributed by atoms with Gasteiger partial charge in [-0.25, -0.2) is 4.79 Å². The lowest BCUT2D eigenvalue weighted by Gasteiger charge is -2.10. The Balaban J connectivity index is 3.52. The number of hydrogen-bond donors (Lipinski definition) is 0. The van der Waals surface area contributed by atoms with Gasteiger partial charge < -0.3 is 14.3 Å². The van der Waals surface area contributed by atoms with Crippen LogP contribution in [0.2, 0.25) is 0 Å². The molecular weight excluding hydrogens is 230 g/mol. The molecule has 0 aliphatic carbocycles. The van der Waals surface area contributed by atoms with E-state index in [0.29, 0.717) is 0 Å². The molecule has 0 aromatic heterocycles. The first-order valence-corrected chi connectivity index (χ1v) is 4.64. The number of carbonyl (C=O) groups excluding carboxylic acids is 1. The number of alkyl halides is 1. The fraction of sp³-hybridized carbons (Fsp3) is 0.857. The van der Waals surface area contributed by atoms with E-state index in [4.69, 9.17) is 11.6 Å². The lowest BCUT2D eigenvalue weighted by Crippen LogP contribution is -2.18. The molecular formula is C7H12ClNO6. The lowest BCUT2D eigenvalue weighted by atomic mass is 10.3. The molecule has 0 amide bonds. The van der Waals surface area contributed by atoms with Crippen LogP contribution in [-0.2, 0) is 14.3 Å². The van der Waals surface area contributed by atoms with Crippen molar-refractivity contribution in [2.24, 2.45) is 0 Å². The summed E-state index contributed by atoms with van der Waals surface area (Å²) in [6.07, 6.45) is -1.35. The van der Waals surface area contributed by atoms with Gasteiger partial charge in [0.25, 0.3) is 5.09 Å². The summed E-state index contributed by atoms with van der Waals surface area (Å²) in [4.78, 5) is 24.8. The van der Waals surface area contributed by atoms with Gasteiger partial charge in [-0.1, -0.05) is 11.6 Å². The molecule has 0 radical (unpaired) electrons. The van der Waals surface area contributed by atoms with Crippen molar-refractivity contribution in [3.8, 4) is 0 Å². The van der Waals surface area contributed by atoms with Crippen LogP contribution in [-0.4, -0.2) is 29.5 Å². The molecule has 7 nitrogen and oxygen atoms in total. The quantitative estimate of drug-likeness (QED) is 0.304. The number of rotatable bonds is 6. The lowest BCUT2D eigenvalue weighted by molar-refractivity contribution is -0.767. The number of halogens is 1. The third-order valence-corrected chi connectivity index (χ3v) is 1.36. The van der Waals surface area contributed by atoms with E-state index in [1.165, 1.54) is 13.8 Å². The highest BCUT2D eigenvalue weighted by molar-refractivity contribution is 6.19. The van der Waals surface area contributed by atoms with E-state index < -0.39 is 22.9 Å². The third-order valence-electron chi connectivity index (χ3n) is 1.27. The van der Waals surface area contributed by atoms with Crippen LogP contribution in [0.25, 0.3) is 0 Å². The SMILES string of the molecule is CC(Cl)OC(=O)OCCC(C)O[N+](=O)[O-]. The predicted molar refractivity (Wildman–Crippen MR) is 49.9 cm³/mol. The predicted octanol–water partition coefficient (Wildman–Crippen LogP) is 1.71. The monoisotopic (exact) mass is 241 g/mol. The van der Waals surface area contributed by atoms with E-state index in [1.807, 2.05) is 0 Å². The van der Waals surface area contributed by atoms with Crippen molar-refractivity contribution >= 4 is 17.8 Å². The molecule has 2 atom stereocenters. The van der Waals surface area contributed by atoms with Crippen LogP contribution < -0.4 is 0 Å². The number of carbonyl (C=O) groups is 1. The Morgan fingerprint density at radius 1 is 1.53 bits per heavy atom. The zero-order valence-electron chi connectivity index (χ0n) is 8.34. The molecule has 0 saturated carbocycles. The minimum Gasteiger partial charge on any atom is -0.434 e. The molecule has 88 valence electrons. The fourth-order valence-electron chi connectivity index (χ4n) is 0.674. The Labute approximate surface area is 91.3 Å². The third kappa shape index (κ3) is 9.07. The molecule has 0 bridgehead atoms. The van der Waals surface area contributed by atoms with Crippen molar-refractivity contribution in [1.29, 1.82) is 0 Å². The molecule has 0 aliphatic heterocycles. The van der Waals surface area contributed by atoms with Gasteiger partial charge in [-0.3, -0.25) is 0 Å². The highest BCUT2D eigenvalue weighted by atomic mass is 35.5. The van der Waals surface area contributed by atoms with Gasteiger partial charge in [0.05, 0.1) is 6.61 Å². The number of ether oxygens (including phenoxy) is 2. The van der Waals surface area contributed by atoms with Crippen LogP contribution in [0.4, 0.5) is 4.79 Å². The summed E-state index contributed by atoms with van der Waals surface area (Å²) in [5.74, 6) is 0. The van der Waals surface area contributed by atoms with Gasteiger partial charge in [-0.2, -0.15) is 0 Å². The molecule has 0 aromatic rings. The molecule has 0 fully saturated rings. The Morgan fingerprint density at radius 2 is 2.13 bits per heavy atom. The van der Waals surface area contributed by atoms with E-state index in [0.717, 1.165) is 0 Å². The van der Waals surface area contributed by atoms with Gasteiger partial charge in [-0.05, 0) is 13.8 Å². The molecule has 0 aromatic carbocycles. The molecule has 0 heterocycles. The van der Waals surface area contributed by atoms with Crippen molar-refractivity contribution in [1.82, 2.24) is 0 Å². The summed E-state index contributed by atoms with van der Waals surface area (Å²) in [5.41, 5.74) is -0.773. The summed E-state index contributed by atoms with van der Waals surface area (Å²) in [6, 6.07) is 0. The molecule has 0 saturated heterocycles. The maximum Gasteiger partial charge on any atom is 0.509 e. The van der Waals surface area contributed by atoms with Gasteiger partial charge in [0.2, 0.25) is 0 Å². The average molecular weight is 242 g/mol. The normalized spacial score (nSPS) is 13.8. The van der Waals surface area contributed by atoms with Gasteiger partial charge in [-0.15, -0.1) is 10.1 Å². The van der Waals surface area contributed by atoms with Crippen LogP contribution in [0, 0.1) is 10.1 Å². The van der Waals surface area contributed by atoms with Crippen LogP contribution in [0.15, 0.2) is 0 Å². The Kier molecular flexibility index (Phi) is 6.52. The maximum atomic E-state index is 10.8. The first-order valence-electron chi connectivity index (χ1n) is 4.20. The molecule has 0 spiro atoms. The van der Waals surface area contributed by atoms with E-state index in [9.17, 15) is 14.9 Å². The Bertz CT molecular complexity index is 222. The maximum absolute atomic E-state index is 10.8. The Morgan fingerprint density at radius 3 is 2.60 bits per heavy atom. The highest BCUT2D eigenvalue weighted by Gasteiger charge is 2.10. The Hall–Kier alpha value is -1.24. The summed E-state index contributed by atoms with van der Waals surface area (Å²) >= 11 is 5.35. The zero-order valence-corrected chi connectivity index (χ0v) is 9.10. The van der Waals surface area contributed by atoms with E-state index in [1.54, 1.807) is 0 Å².